The summed E-state index contributed by atoms with van der Waals surface area (Å²) < 4.78 is 25.3. The van der Waals surface area contributed by atoms with E-state index in [1.165, 1.54) is 42.2 Å². The lowest BCUT2D eigenvalue weighted by molar-refractivity contribution is -0.122. The van der Waals surface area contributed by atoms with E-state index in [-0.39, 0.29) is 31.2 Å². The molecule has 9 nitrogen and oxygen atoms in total. The summed E-state index contributed by atoms with van der Waals surface area (Å²) >= 11 is 0. The minimum absolute atomic E-state index is 0.0667. The average Bonchev–Trinajstić information content (AvgIpc) is 3.46. The molecular formula is C27H22FN3O6. The van der Waals surface area contributed by atoms with Gasteiger partial charge < -0.3 is 19.7 Å². The summed E-state index contributed by atoms with van der Waals surface area (Å²) in [6, 6.07) is 15.6. The van der Waals surface area contributed by atoms with Gasteiger partial charge >= 0.3 is 0 Å². The Bertz CT molecular complexity index is 1410. The first kappa shape index (κ1) is 24.0. The molecule has 1 N–H and O–H groups in total. The average molecular weight is 503 g/mol. The van der Waals surface area contributed by atoms with Gasteiger partial charge in [-0.05, 0) is 54.1 Å². The maximum absolute atomic E-state index is 14.6. The van der Waals surface area contributed by atoms with E-state index in [4.69, 9.17) is 9.47 Å². The van der Waals surface area contributed by atoms with Crippen molar-refractivity contribution in [2.45, 2.75) is 25.9 Å². The number of fused-ring (bicyclic) bond motifs is 1. The molecule has 0 saturated carbocycles. The monoisotopic (exact) mass is 503 g/mol. The highest BCUT2D eigenvalue weighted by Crippen LogP contribution is 2.34. The number of ether oxygens (including phenoxy) is 2. The van der Waals surface area contributed by atoms with Gasteiger partial charge in [0.1, 0.15) is 11.9 Å². The molecule has 1 saturated heterocycles. The lowest BCUT2D eigenvalue weighted by atomic mass is 10.1. The molecule has 188 valence electrons. The van der Waals surface area contributed by atoms with Crippen LogP contribution in [0.4, 0.5) is 15.8 Å². The van der Waals surface area contributed by atoms with Crippen LogP contribution in [-0.2, 0) is 20.9 Å². The molecule has 10 heteroatoms. The van der Waals surface area contributed by atoms with Crippen molar-refractivity contribution < 1.29 is 33.0 Å². The number of nitrogens with zero attached hydrogens (tertiary/aromatic N) is 2. The topological polar surface area (TPSA) is 105 Å². The van der Waals surface area contributed by atoms with E-state index in [0.717, 1.165) is 11.0 Å². The summed E-state index contributed by atoms with van der Waals surface area (Å²) in [5, 5.41) is 2.62. The Morgan fingerprint density at radius 2 is 1.76 bits per heavy atom. The van der Waals surface area contributed by atoms with E-state index in [0.29, 0.717) is 28.4 Å². The molecule has 1 atom stereocenters. The highest BCUT2D eigenvalue weighted by atomic mass is 19.1. The number of rotatable bonds is 6. The van der Waals surface area contributed by atoms with Gasteiger partial charge in [-0.1, -0.05) is 18.2 Å². The Hall–Kier alpha value is -4.73. The molecule has 3 aromatic rings. The molecular weight excluding hydrogens is 481 g/mol. The van der Waals surface area contributed by atoms with E-state index in [1.54, 1.807) is 30.3 Å². The van der Waals surface area contributed by atoms with Crippen LogP contribution in [0.3, 0.4) is 0 Å². The zero-order valence-electron chi connectivity index (χ0n) is 19.8. The predicted molar refractivity (Wildman–Crippen MR) is 130 cm³/mol. The number of carbonyl (C=O) groups is 4. The van der Waals surface area contributed by atoms with Crippen LogP contribution in [0.25, 0.3) is 0 Å². The Kier molecular flexibility index (Phi) is 6.31. The third kappa shape index (κ3) is 4.73. The van der Waals surface area contributed by atoms with Gasteiger partial charge in [0, 0.05) is 19.2 Å². The number of hydrogen-bond acceptors (Lipinski definition) is 6. The molecule has 2 aliphatic rings. The second kappa shape index (κ2) is 9.73. The summed E-state index contributed by atoms with van der Waals surface area (Å²) in [7, 11) is 0. The molecule has 2 heterocycles. The third-order valence-corrected chi connectivity index (χ3v) is 6.10. The maximum atomic E-state index is 14.6. The zero-order chi connectivity index (χ0) is 26.1. The van der Waals surface area contributed by atoms with Crippen molar-refractivity contribution in [3.05, 3.63) is 83.7 Å². The summed E-state index contributed by atoms with van der Waals surface area (Å²) in [4.78, 5) is 53.5. The van der Waals surface area contributed by atoms with Crippen LogP contribution in [0, 0.1) is 5.82 Å². The van der Waals surface area contributed by atoms with Gasteiger partial charge in [0.2, 0.25) is 18.6 Å². The lowest BCUT2D eigenvalue weighted by Crippen LogP contribution is -2.45. The molecule has 5 rings (SSSR count). The molecule has 1 unspecified atom stereocenters. The molecule has 0 aromatic heterocycles. The van der Waals surface area contributed by atoms with E-state index in [9.17, 15) is 23.6 Å². The van der Waals surface area contributed by atoms with Crippen LogP contribution in [-0.4, -0.2) is 41.4 Å². The zero-order valence-corrected chi connectivity index (χ0v) is 19.8. The minimum atomic E-state index is -1.15. The summed E-state index contributed by atoms with van der Waals surface area (Å²) in [6.45, 7) is 1.37. The summed E-state index contributed by atoms with van der Waals surface area (Å²) in [5.74, 6) is -1.77. The number of halogens is 1. The summed E-state index contributed by atoms with van der Waals surface area (Å²) in [5.41, 5.74) is 1.22. The Morgan fingerprint density at radius 3 is 2.49 bits per heavy atom. The van der Waals surface area contributed by atoms with Crippen molar-refractivity contribution in [3.8, 4) is 11.5 Å². The van der Waals surface area contributed by atoms with Gasteiger partial charge in [0.15, 0.2) is 11.5 Å². The van der Waals surface area contributed by atoms with E-state index < -0.39 is 29.6 Å². The second-order valence-corrected chi connectivity index (χ2v) is 8.62. The molecule has 0 radical (unpaired) electrons. The molecule has 0 bridgehead atoms. The SMILES string of the molecule is CC(=O)Nc1ccc(N2C(=O)CC(N(Cc3ccc4c(c3)OCO4)C(=O)c3ccccc3F)C2=O)cc1. The van der Waals surface area contributed by atoms with Crippen molar-refractivity contribution >= 4 is 35.0 Å². The number of hydrogen-bond donors (Lipinski definition) is 1. The number of amides is 4. The second-order valence-electron chi connectivity index (χ2n) is 8.62. The smallest absolute Gasteiger partial charge is 0.257 e. The lowest BCUT2D eigenvalue weighted by Gasteiger charge is -2.28. The minimum Gasteiger partial charge on any atom is -0.454 e. The number of benzene rings is 3. The molecule has 4 amide bonds. The molecule has 0 aliphatic carbocycles. The van der Waals surface area contributed by atoms with E-state index in [2.05, 4.69) is 5.32 Å². The van der Waals surface area contributed by atoms with Gasteiger partial charge in [0.25, 0.3) is 11.8 Å². The molecule has 2 aliphatic heterocycles. The van der Waals surface area contributed by atoms with Crippen molar-refractivity contribution in [2.75, 3.05) is 17.0 Å². The standard InChI is InChI=1S/C27H22FN3O6/c1-16(32)29-18-7-9-19(10-8-18)31-25(33)13-22(27(31)35)30(26(34)20-4-2-3-5-21(20)28)14-17-6-11-23-24(12-17)37-15-36-23/h2-12,22H,13-15H2,1H3,(H,29,32). The first-order valence-corrected chi connectivity index (χ1v) is 11.5. The van der Waals surface area contributed by atoms with Gasteiger partial charge in [-0.15, -0.1) is 0 Å². The van der Waals surface area contributed by atoms with Crippen LogP contribution in [0.1, 0.15) is 29.3 Å². The van der Waals surface area contributed by atoms with E-state index in [1.807, 2.05) is 0 Å². The fourth-order valence-corrected chi connectivity index (χ4v) is 4.38. The van der Waals surface area contributed by atoms with E-state index >= 15 is 0 Å². The Balaban J connectivity index is 1.46. The number of carbonyl (C=O) groups excluding carboxylic acids is 4. The fraction of sp³-hybridized carbons (Fsp3) is 0.185. The normalized spacial score (nSPS) is 16.2. The highest BCUT2D eigenvalue weighted by Gasteiger charge is 2.45. The molecule has 37 heavy (non-hydrogen) atoms. The van der Waals surface area contributed by atoms with Crippen LogP contribution < -0.4 is 19.7 Å². The number of anilines is 2. The van der Waals surface area contributed by atoms with Crippen LogP contribution in [0.5, 0.6) is 11.5 Å². The number of nitrogens with one attached hydrogen (secondary N) is 1. The largest absolute Gasteiger partial charge is 0.454 e. The van der Waals surface area contributed by atoms with Gasteiger partial charge in [-0.3, -0.25) is 19.2 Å². The molecule has 3 aromatic carbocycles. The van der Waals surface area contributed by atoms with Crippen LogP contribution in [0.15, 0.2) is 66.7 Å². The predicted octanol–water partition coefficient (Wildman–Crippen LogP) is 3.49. The number of imide groups is 1. The maximum Gasteiger partial charge on any atom is 0.257 e. The van der Waals surface area contributed by atoms with Gasteiger partial charge in [0.05, 0.1) is 17.7 Å². The van der Waals surface area contributed by atoms with Crippen molar-refractivity contribution in [1.82, 2.24) is 4.90 Å². The Morgan fingerprint density at radius 1 is 1.03 bits per heavy atom. The van der Waals surface area contributed by atoms with Crippen molar-refractivity contribution in [3.63, 3.8) is 0 Å². The Labute approximate surface area is 211 Å². The van der Waals surface area contributed by atoms with Crippen LogP contribution >= 0.6 is 0 Å². The fourth-order valence-electron chi connectivity index (χ4n) is 4.38. The van der Waals surface area contributed by atoms with Crippen LogP contribution in [0.2, 0.25) is 0 Å². The van der Waals surface area contributed by atoms with Crippen molar-refractivity contribution in [2.24, 2.45) is 0 Å². The van der Waals surface area contributed by atoms with Crippen molar-refractivity contribution in [1.29, 1.82) is 0 Å². The first-order valence-electron chi connectivity index (χ1n) is 11.5. The first-order chi connectivity index (χ1) is 17.8. The summed E-state index contributed by atoms with van der Waals surface area (Å²) in [6.07, 6.45) is -0.267. The highest BCUT2D eigenvalue weighted by molar-refractivity contribution is 6.23. The third-order valence-electron chi connectivity index (χ3n) is 6.10. The molecule has 1 fully saturated rings. The van der Waals surface area contributed by atoms with Gasteiger partial charge in [-0.2, -0.15) is 0 Å². The quantitative estimate of drug-likeness (QED) is 0.517. The van der Waals surface area contributed by atoms with Gasteiger partial charge in [-0.25, -0.2) is 9.29 Å². The molecule has 0 spiro atoms.